The Morgan fingerprint density at radius 2 is 2.29 bits per heavy atom. The number of phenols is 1. The molecule has 1 amide bonds. The second kappa shape index (κ2) is 6.09. The maximum Gasteiger partial charge on any atom is 0.311 e. The first-order valence-electron chi connectivity index (χ1n) is 6.86. The van der Waals surface area contributed by atoms with E-state index in [9.17, 15) is 25.1 Å². The first-order valence-corrected chi connectivity index (χ1v) is 6.86. The molecule has 7 heteroatoms. The van der Waals surface area contributed by atoms with E-state index in [0.29, 0.717) is 13.0 Å². The van der Waals surface area contributed by atoms with Crippen molar-refractivity contribution in [2.75, 3.05) is 6.54 Å². The number of amides is 1. The number of nitrogens with zero attached hydrogens (tertiary/aromatic N) is 2. The van der Waals surface area contributed by atoms with Gasteiger partial charge in [-0.15, -0.1) is 0 Å². The molecule has 0 radical (unpaired) electrons. The van der Waals surface area contributed by atoms with Crippen molar-refractivity contribution in [2.45, 2.75) is 38.3 Å². The molecule has 0 saturated carbocycles. The zero-order valence-electron chi connectivity index (χ0n) is 11.7. The third-order valence-electron chi connectivity index (χ3n) is 3.67. The van der Waals surface area contributed by atoms with Gasteiger partial charge in [0.25, 0.3) is 5.91 Å². The van der Waals surface area contributed by atoms with E-state index in [4.69, 9.17) is 0 Å². The molecule has 0 aliphatic carbocycles. The van der Waals surface area contributed by atoms with Crippen molar-refractivity contribution in [1.82, 2.24) is 4.90 Å². The van der Waals surface area contributed by atoms with Gasteiger partial charge in [0.2, 0.25) is 0 Å². The summed E-state index contributed by atoms with van der Waals surface area (Å²) in [5.74, 6) is -0.764. The molecule has 1 fully saturated rings. The second-order valence-electron chi connectivity index (χ2n) is 5.34. The van der Waals surface area contributed by atoms with Gasteiger partial charge in [-0.2, -0.15) is 0 Å². The summed E-state index contributed by atoms with van der Waals surface area (Å²) in [6.07, 6.45) is 1.66. The highest BCUT2D eigenvalue weighted by Gasteiger charge is 2.31. The molecule has 2 atom stereocenters. The molecule has 2 rings (SSSR count). The van der Waals surface area contributed by atoms with Crippen LogP contribution in [0.3, 0.4) is 0 Å². The quantitative estimate of drug-likeness (QED) is 0.649. The SMILES string of the molecule is C[C@@H](O)C[C@H]1CCCN1C(=O)c1ccc(O)c([N+](=O)[O-])c1. The molecular formula is C14H18N2O5. The molecule has 1 aliphatic heterocycles. The van der Waals surface area contributed by atoms with Gasteiger partial charge in [0.15, 0.2) is 5.75 Å². The largest absolute Gasteiger partial charge is 0.502 e. The monoisotopic (exact) mass is 294 g/mol. The van der Waals surface area contributed by atoms with Crippen LogP contribution in [0.15, 0.2) is 18.2 Å². The number of hydrogen-bond acceptors (Lipinski definition) is 5. The van der Waals surface area contributed by atoms with Crippen LogP contribution in [0.4, 0.5) is 5.69 Å². The minimum Gasteiger partial charge on any atom is -0.502 e. The number of aliphatic hydroxyl groups excluding tert-OH is 1. The van der Waals surface area contributed by atoms with E-state index in [1.807, 2.05) is 0 Å². The Balaban J connectivity index is 2.23. The zero-order valence-corrected chi connectivity index (χ0v) is 11.7. The van der Waals surface area contributed by atoms with E-state index >= 15 is 0 Å². The van der Waals surface area contributed by atoms with E-state index in [0.717, 1.165) is 25.0 Å². The standard InChI is InChI=1S/C14H18N2O5/c1-9(17)7-11-3-2-6-15(11)14(19)10-4-5-13(18)12(8-10)16(20)21/h4-5,8-9,11,17-18H,2-3,6-7H2,1H3/t9-,11-/m1/s1. The molecule has 1 saturated heterocycles. The highest BCUT2D eigenvalue weighted by Crippen LogP contribution is 2.29. The van der Waals surface area contributed by atoms with E-state index < -0.39 is 22.5 Å². The van der Waals surface area contributed by atoms with E-state index in [1.54, 1.807) is 11.8 Å². The van der Waals surface area contributed by atoms with E-state index in [1.165, 1.54) is 6.07 Å². The van der Waals surface area contributed by atoms with Gasteiger partial charge in [0.05, 0.1) is 11.0 Å². The van der Waals surface area contributed by atoms with Gasteiger partial charge in [-0.25, -0.2) is 0 Å². The summed E-state index contributed by atoms with van der Waals surface area (Å²) >= 11 is 0. The Labute approximate surface area is 122 Å². The molecule has 0 aromatic heterocycles. The number of aliphatic hydroxyl groups is 1. The average molecular weight is 294 g/mol. The Bertz CT molecular complexity index is 558. The van der Waals surface area contributed by atoms with Crippen LogP contribution in [0.5, 0.6) is 5.75 Å². The molecule has 1 aromatic carbocycles. The van der Waals surface area contributed by atoms with Gasteiger partial charge in [-0.3, -0.25) is 14.9 Å². The van der Waals surface area contributed by atoms with Crippen LogP contribution in [0.25, 0.3) is 0 Å². The van der Waals surface area contributed by atoms with Gasteiger partial charge in [-0.1, -0.05) is 0 Å². The Kier molecular flexibility index (Phi) is 4.42. The lowest BCUT2D eigenvalue weighted by Crippen LogP contribution is -2.37. The molecule has 114 valence electrons. The summed E-state index contributed by atoms with van der Waals surface area (Å²) in [6.45, 7) is 2.25. The number of phenolic OH excluding ortho intramolecular Hbond substituents is 1. The first-order chi connectivity index (χ1) is 9.90. The Hall–Kier alpha value is -2.15. The van der Waals surface area contributed by atoms with Gasteiger partial charge in [-0.05, 0) is 38.3 Å². The summed E-state index contributed by atoms with van der Waals surface area (Å²) in [5, 5.41) is 29.7. The summed E-state index contributed by atoms with van der Waals surface area (Å²) in [7, 11) is 0. The minimum absolute atomic E-state index is 0.0506. The van der Waals surface area contributed by atoms with Gasteiger partial charge < -0.3 is 15.1 Å². The number of nitro groups is 1. The van der Waals surface area contributed by atoms with E-state index in [-0.39, 0.29) is 17.5 Å². The molecule has 1 aliphatic rings. The summed E-state index contributed by atoms with van der Waals surface area (Å²) < 4.78 is 0. The van der Waals surface area contributed by atoms with Crippen LogP contribution in [0.2, 0.25) is 0 Å². The summed E-state index contributed by atoms with van der Waals surface area (Å²) in [4.78, 5) is 24.2. The van der Waals surface area contributed by atoms with Crippen molar-refractivity contribution in [2.24, 2.45) is 0 Å². The smallest absolute Gasteiger partial charge is 0.311 e. The highest BCUT2D eigenvalue weighted by molar-refractivity contribution is 5.95. The molecule has 2 N–H and O–H groups in total. The zero-order chi connectivity index (χ0) is 15.6. The Morgan fingerprint density at radius 1 is 1.57 bits per heavy atom. The van der Waals surface area contributed by atoms with Gasteiger partial charge in [0, 0.05) is 24.2 Å². The first kappa shape index (κ1) is 15.2. The topological polar surface area (TPSA) is 104 Å². The number of likely N-dealkylation sites (tertiary alicyclic amines) is 1. The van der Waals surface area contributed by atoms with Crippen LogP contribution in [-0.2, 0) is 0 Å². The van der Waals surface area contributed by atoms with Crippen LogP contribution in [-0.4, -0.2) is 44.6 Å². The molecule has 21 heavy (non-hydrogen) atoms. The number of hydrogen-bond donors (Lipinski definition) is 2. The lowest BCUT2D eigenvalue weighted by atomic mass is 10.1. The number of aromatic hydroxyl groups is 1. The summed E-state index contributed by atoms with van der Waals surface area (Å²) in [6, 6.07) is 3.58. The Morgan fingerprint density at radius 3 is 2.90 bits per heavy atom. The predicted octanol–water partition coefficient (Wildman–Crippen LogP) is 1.68. The van der Waals surface area contributed by atoms with Crippen molar-refractivity contribution in [3.05, 3.63) is 33.9 Å². The normalized spacial score (nSPS) is 19.5. The molecule has 1 heterocycles. The fourth-order valence-electron chi connectivity index (χ4n) is 2.71. The van der Waals surface area contributed by atoms with Crippen molar-refractivity contribution in [3.8, 4) is 5.75 Å². The molecule has 1 aromatic rings. The fourth-order valence-corrected chi connectivity index (χ4v) is 2.71. The van der Waals surface area contributed by atoms with E-state index in [2.05, 4.69) is 0 Å². The number of rotatable bonds is 4. The van der Waals surface area contributed by atoms with Crippen LogP contribution in [0, 0.1) is 10.1 Å². The highest BCUT2D eigenvalue weighted by atomic mass is 16.6. The van der Waals surface area contributed by atoms with Gasteiger partial charge in [0.1, 0.15) is 0 Å². The third kappa shape index (κ3) is 3.30. The molecule has 0 bridgehead atoms. The van der Waals surface area contributed by atoms with Crippen molar-refractivity contribution in [1.29, 1.82) is 0 Å². The van der Waals surface area contributed by atoms with Crippen LogP contribution >= 0.6 is 0 Å². The van der Waals surface area contributed by atoms with Crippen molar-refractivity contribution >= 4 is 11.6 Å². The number of carbonyl (C=O) groups is 1. The molecule has 0 unspecified atom stereocenters. The van der Waals surface area contributed by atoms with Crippen molar-refractivity contribution in [3.63, 3.8) is 0 Å². The summed E-state index contributed by atoms with van der Waals surface area (Å²) in [5.41, 5.74) is -0.302. The lowest BCUT2D eigenvalue weighted by molar-refractivity contribution is -0.385. The third-order valence-corrected chi connectivity index (χ3v) is 3.67. The number of benzene rings is 1. The van der Waals surface area contributed by atoms with Crippen LogP contribution < -0.4 is 0 Å². The second-order valence-corrected chi connectivity index (χ2v) is 5.34. The molecule has 7 nitrogen and oxygen atoms in total. The molecule has 0 spiro atoms. The number of nitro benzene ring substituents is 1. The maximum absolute atomic E-state index is 12.5. The lowest BCUT2D eigenvalue weighted by Gasteiger charge is -2.25. The van der Waals surface area contributed by atoms with Crippen molar-refractivity contribution < 1.29 is 19.9 Å². The fraction of sp³-hybridized carbons (Fsp3) is 0.500. The molecular weight excluding hydrogens is 276 g/mol. The minimum atomic E-state index is -0.719. The predicted molar refractivity (Wildman–Crippen MR) is 75.1 cm³/mol. The average Bonchev–Trinajstić information content (AvgIpc) is 2.85. The van der Waals surface area contributed by atoms with Gasteiger partial charge >= 0.3 is 5.69 Å². The van der Waals surface area contributed by atoms with Crippen LogP contribution in [0.1, 0.15) is 36.5 Å². The maximum atomic E-state index is 12.5. The number of carbonyl (C=O) groups excluding carboxylic acids is 1.